The number of esters is 1. The Labute approximate surface area is 90.7 Å². The number of carbonyl (C=O) groups is 1. The van der Waals surface area contributed by atoms with Crippen LogP contribution >= 0.6 is 11.3 Å². The molecule has 0 fully saturated rings. The first kappa shape index (κ1) is 9.92. The van der Waals surface area contributed by atoms with Crippen molar-refractivity contribution >= 4 is 33.1 Å². The van der Waals surface area contributed by atoms with E-state index in [1.807, 2.05) is 0 Å². The monoisotopic (exact) mass is 222 g/mol. The number of pyridine rings is 1. The molecule has 0 saturated carbocycles. The summed E-state index contributed by atoms with van der Waals surface area (Å²) >= 11 is 1.34. The lowest BCUT2D eigenvalue weighted by Gasteiger charge is -1.95. The van der Waals surface area contributed by atoms with E-state index in [2.05, 4.69) is 4.98 Å². The molecular formula is C10H10N2O2S. The molecule has 0 bridgehead atoms. The average Bonchev–Trinajstić information content (AvgIpc) is 2.63. The Kier molecular flexibility index (Phi) is 2.55. The average molecular weight is 222 g/mol. The van der Waals surface area contributed by atoms with Gasteiger partial charge in [-0.05, 0) is 13.0 Å². The zero-order chi connectivity index (χ0) is 10.8. The summed E-state index contributed by atoms with van der Waals surface area (Å²) in [6, 6.07) is 1.75. The Hall–Kier alpha value is -1.62. The molecule has 0 aliphatic rings. The summed E-state index contributed by atoms with van der Waals surface area (Å²) in [6.45, 7) is 2.15. The van der Waals surface area contributed by atoms with Gasteiger partial charge in [0.1, 0.15) is 4.88 Å². The molecule has 0 aliphatic heterocycles. The van der Waals surface area contributed by atoms with Gasteiger partial charge in [-0.3, -0.25) is 4.98 Å². The molecule has 4 nitrogen and oxygen atoms in total. The SMILES string of the molecule is CCOC(=O)c1cc2c(N)cncc2s1. The fourth-order valence-corrected chi connectivity index (χ4v) is 2.24. The van der Waals surface area contributed by atoms with Crippen LogP contribution in [0.2, 0.25) is 0 Å². The van der Waals surface area contributed by atoms with Crippen molar-refractivity contribution in [3.63, 3.8) is 0 Å². The first-order chi connectivity index (χ1) is 7.22. The van der Waals surface area contributed by atoms with Crippen molar-refractivity contribution in [2.75, 3.05) is 12.3 Å². The van der Waals surface area contributed by atoms with Crippen molar-refractivity contribution in [3.05, 3.63) is 23.3 Å². The molecule has 2 aromatic heterocycles. The maximum atomic E-state index is 11.5. The Balaban J connectivity index is 2.47. The van der Waals surface area contributed by atoms with Crippen LogP contribution in [-0.2, 0) is 4.74 Å². The van der Waals surface area contributed by atoms with Crippen LogP contribution in [0.1, 0.15) is 16.6 Å². The van der Waals surface area contributed by atoms with E-state index in [-0.39, 0.29) is 5.97 Å². The molecule has 0 aromatic carbocycles. The van der Waals surface area contributed by atoms with Crippen LogP contribution in [0.5, 0.6) is 0 Å². The smallest absolute Gasteiger partial charge is 0.348 e. The van der Waals surface area contributed by atoms with E-state index >= 15 is 0 Å². The van der Waals surface area contributed by atoms with Gasteiger partial charge in [0.25, 0.3) is 0 Å². The molecule has 5 heteroatoms. The minimum atomic E-state index is -0.307. The Bertz CT molecular complexity index is 507. The zero-order valence-electron chi connectivity index (χ0n) is 8.19. The predicted molar refractivity (Wildman–Crippen MR) is 60.0 cm³/mol. The summed E-state index contributed by atoms with van der Waals surface area (Å²) < 4.78 is 5.81. The molecule has 2 rings (SSSR count). The van der Waals surface area contributed by atoms with E-state index in [0.29, 0.717) is 17.2 Å². The topological polar surface area (TPSA) is 65.2 Å². The number of hydrogen-bond donors (Lipinski definition) is 1. The molecule has 0 atom stereocenters. The number of hydrogen-bond acceptors (Lipinski definition) is 5. The molecule has 0 spiro atoms. The number of nitrogens with two attached hydrogens (primary N) is 1. The van der Waals surface area contributed by atoms with Crippen molar-refractivity contribution in [1.29, 1.82) is 0 Å². The normalized spacial score (nSPS) is 10.5. The van der Waals surface area contributed by atoms with Gasteiger partial charge in [-0.1, -0.05) is 0 Å². The van der Waals surface area contributed by atoms with Crippen molar-refractivity contribution < 1.29 is 9.53 Å². The Morgan fingerprint density at radius 3 is 3.07 bits per heavy atom. The van der Waals surface area contributed by atoms with Gasteiger partial charge in [0.15, 0.2) is 0 Å². The summed E-state index contributed by atoms with van der Waals surface area (Å²) in [5, 5.41) is 0.859. The zero-order valence-corrected chi connectivity index (χ0v) is 9.00. The molecule has 0 amide bonds. The minimum absolute atomic E-state index is 0.307. The molecule has 0 unspecified atom stereocenters. The number of nitrogen functional groups attached to an aromatic ring is 1. The lowest BCUT2D eigenvalue weighted by molar-refractivity contribution is 0.0532. The molecule has 2 aromatic rings. The lowest BCUT2D eigenvalue weighted by Crippen LogP contribution is -2.01. The molecule has 15 heavy (non-hydrogen) atoms. The number of fused-ring (bicyclic) bond motifs is 1. The van der Waals surface area contributed by atoms with Crippen LogP contribution in [0.25, 0.3) is 10.1 Å². The summed E-state index contributed by atoms with van der Waals surface area (Å²) in [5.41, 5.74) is 6.32. The summed E-state index contributed by atoms with van der Waals surface area (Å²) in [6.07, 6.45) is 3.27. The van der Waals surface area contributed by atoms with E-state index < -0.39 is 0 Å². The second-order valence-corrected chi connectivity index (χ2v) is 4.06. The third-order valence-electron chi connectivity index (χ3n) is 1.95. The number of anilines is 1. The van der Waals surface area contributed by atoms with E-state index in [1.54, 1.807) is 25.4 Å². The molecule has 0 saturated heterocycles. The summed E-state index contributed by atoms with van der Waals surface area (Å²) in [5.74, 6) is -0.307. The van der Waals surface area contributed by atoms with Gasteiger partial charge in [-0.15, -0.1) is 11.3 Å². The van der Waals surface area contributed by atoms with Gasteiger partial charge in [0, 0.05) is 11.6 Å². The molecule has 2 N–H and O–H groups in total. The predicted octanol–water partition coefficient (Wildman–Crippen LogP) is 2.06. The molecule has 0 aliphatic carbocycles. The van der Waals surface area contributed by atoms with Gasteiger partial charge in [0.05, 0.1) is 23.2 Å². The van der Waals surface area contributed by atoms with Gasteiger partial charge in [-0.25, -0.2) is 4.79 Å². The van der Waals surface area contributed by atoms with Crippen LogP contribution in [0, 0.1) is 0 Å². The summed E-state index contributed by atoms with van der Waals surface area (Å²) in [4.78, 5) is 16.0. The number of aromatic nitrogens is 1. The third kappa shape index (κ3) is 1.78. The highest BCUT2D eigenvalue weighted by Crippen LogP contribution is 2.29. The van der Waals surface area contributed by atoms with Gasteiger partial charge in [-0.2, -0.15) is 0 Å². The Morgan fingerprint density at radius 1 is 1.60 bits per heavy atom. The van der Waals surface area contributed by atoms with E-state index in [1.165, 1.54) is 11.3 Å². The van der Waals surface area contributed by atoms with Crippen LogP contribution in [-0.4, -0.2) is 17.6 Å². The first-order valence-electron chi connectivity index (χ1n) is 4.52. The summed E-state index contributed by atoms with van der Waals surface area (Å²) in [7, 11) is 0. The quantitative estimate of drug-likeness (QED) is 0.790. The molecule has 78 valence electrons. The highest BCUT2D eigenvalue weighted by molar-refractivity contribution is 7.20. The number of rotatable bonds is 2. The molecule has 2 heterocycles. The van der Waals surface area contributed by atoms with Crippen molar-refractivity contribution in [1.82, 2.24) is 4.98 Å². The maximum Gasteiger partial charge on any atom is 0.348 e. The lowest BCUT2D eigenvalue weighted by atomic mass is 10.3. The van der Waals surface area contributed by atoms with Gasteiger partial charge >= 0.3 is 5.97 Å². The highest BCUT2D eigenvalue weighted by atomic mass is 32.1. The van der Waals surface area contributed by atoms with Crippen molar-refractivity contribution in [2.24, 2.45) is 0 Å². The fraction of sp³-hybridized carbons (Fsp3) is 0.200. The van der Waals surface area contributed by atoms with E-state index in [9.17, 15) is 4.79 Å². The second kappa shape index (κ2) is 3.86. The number of ether oxygens (including phenoxy) is 1. The van der Waals surface area contributed by atoms with Crippen LogP contribution in [0.3, 0.4) is 0 Å². The fourth-order valence-electron chi connectivity index (χ4n) is 1.28. The minimum Gasteiger partial charge on any atom is -0.462 e. The third-order valence-corrected chi connectivity index (χ3v) is 3.00. The number of thiophene rings is 1. The van der Waals surface area contributed by atoms with E-state index in [0.717, 1.165) is 10.1 Å². The van der Waals surface area contributed by atoms with Crippen molar-refractivity contribution in [2.45, 2.75) is 6.92 Å². The van der Waals surface area contributed by atoms with Gasteiger partial charge < -0.3 is 10.5 Å². The second-order valence-electron chi connectivity index (χ2n) is 2.97. The van der Waals surface area contributed by atoms with Crippen molar-refractivity contribution in [3.8, 4) is 0 Å². The van der Waals surface area contributed by atoms with Gasteiger partial charge in [0.2, 0.25) is 0 Å². The Morgan fingerprint density at radius 2 is 2.40 bits per heavy atom. The van der Waals surface area contributed by atoms with E-state index in [4.69, 9.17) is 10.5 Å². The molecular weight excluding hydrogens is 212 g/mol. The maximum absolute atomic E-state index is 11.5. The van der Waals surface area contributed by atoms with Crippen LogP contribution < -0.4 is 5.73 Å². The van der Waals surface area contributed by atoms with Crippen LogP contribution in [0.15, 0.2) is 18.5 Å². The number of carbonyl (C=O) groups excluding carboxylic acids is 1. The molecule has 0 radical (unpaired) electrons. The highest BCUT2D eigenvalue weighted by Gasteiger charge is 2.12. The number of nitrogens with zero attached hydrogens (tertiary/aromatic N) is 1. The standard InChI is InChI=1S/C10H10N2O2S/c1-2-14-10(13)8-3-6-7(11)4-12-5-9(6)15-8/h3-5H,2,11H2,1H3. The van der Waals surface area contributed by atoms with Crippen LogP contribution in [0.4, 0.5) is 5.69 Å². The largest absolute Gasteiger partial charge is 0.462 e. The first-order valence-corrected chi connectivity index (χ1v) is 5.34.